The van der Waals surface area contributed by atoms with E-state index < -0.39 is 6.04 Å². The molecule has 0 aliphatic carbocycles. The van der Waals surface area contributed by atoms with E-state index in [9.17, 15) is 14.4 Å². The zero-order valence-corrected chi connectivity index (χ0v) is 22.7. The third-order valence-corrected chi connectivity index (χ3v) is 7.61. The van der Waals surface area contributed by atoms with Gasteiger partial charge in [0.2, 0.25) is 5.91 Å². The maximum absolute atomic E-state index is 14.0. The van der Waals surface area contributed by atoms with Gasteiger partial charge in [0, 0.05) is 44.7 Å². The van der Waals surface area contributed by atoms with Crippen molar-refractivity contribution in [2.75, 3.05) is 16.8 Å². The molecule has 0 saturated heterocycles. The van der Waals surface area contributed by atoms with Crippen molar-refractivity contribution in [2.24, 2.45) is 0 Å². The molecule has 2 aliphatic rings. The van der Waals surface area contributed by atoms with Crippen LogP contribution in [0.15, 0.2) is 91.8 Å². The average Bonchev–Trinajstić information content (AvgIpc) is 3.08. The summed E-state index contributed by atoms with van der Waals surface area (Å²) in [5.74, 6) is -0.644. The summed E-state index contributed by atoms with van der Waals surface area (Å²) in [4.78, 5) is 52.7. The monoisotopic (exact) mass is 545 g/mol. The van der Waals surface area contributed by atoms with Gasteiger partial charge in [-0.1, -0.05) is 42.5 Å². The maximum Gasteiger partial charge on any atom is 0.277 e. The third-order valence-electron chi connectivity index (χ3n) is 7.61. The minimum atomic E-state index is -0.774. The number of pyridine rings is 2. The van der Waals surface area contributed by atoms with Crippen LogP contribution >= 0.6 is 0 Å². The molecule has 0 fully saturated rings. The molecule has 0 radical (unpaired) electrons. The van der Waals surface area contributed by atoms with E-state index in [1.54, 1.807) is 34.3 Å². The first kappa shape index (κ1) is 26.1. The normalized spacial score (nSPS) is 16.5. The van der Waals surface area contributed by atoms with Crippen LogP contribution in [0.4, 0.5) is 11.4 Å². The first-order valence-electron chi connectivity index (χ1n) is 13.6. The highest BCUT2D eigenvalue weighted by Crippen LogP contribution is 2.30. The second-order valence-electron chi connectivity index (χ2n) is 10.4. The Balaban J connectivity index is 0.00000353. The van der Waals surface area contributed by atoms with Gasteiger partial charge >= 0.3 is 0 Å². The molecular formula is C33H31N5O3. The molecule has 2 aromatic carbocycles. The van der Waals surface area contributed by atoms with Crippen molar-refractivity contribution in [3.63, 3.8) is 0 Å². The summed E-state index contributed by atoms with van der Waals surface area (Å²) in [5, 5.41) is 2.98. The van der Waals surface area contributed by atoms with Crippen LogP contribution in [0.5, 0.6) is 0 Å². The molecule has 41 heavy (non-hydrogen) atoms. The lowest BCUT2D eigenvalue weighted by atomic mass is 10.0. The van der Waals surface area contributed by atoms with Gasteiger partial charge in [-0.05, 0) is 72.5 Å². The highest BCUT2D eigenvalue weighted by Gasteiger charge is 2.36. The maximum atomic E-state index is 14.0. The summed E-state index contributed by atoms with van der Waals surface area (Å²) in [6.45, 7) is 6.65. The molecule has 8 nitrogen and oxygen atoms in total. The highest BCUT2D eigenvalue weighted by molar-refractivity contribution is 6.10. The van der Waals surface area contributed by atoms with Crippen LogP contribution < -0.4 is 10.2 Å². The molecule has 2 aliphatic heterocycles. The fourth-order valence-electron chi connectivity index (χ4n) is 5.37. The van der Waals surface area contributed by atoms with Crippen LogP contribution in [0.1, 0.15) is 51.6 Å². The molecular weight excluding hydrogens is 514 g/mol. The van der Waals surface area contributed by atoms with Crippen LogP contribution in [-0.4, -0.2) is 45.2 Å². The Bertz CT molecular complexity index is 1670. The second-order valence-corrected chi connectivity index (χ2v) is 10.4. The molecule has 6 rings (SSSR count). The van der Waals surface area contributed by atoms with Crippen molar-refractivity contribution in [2.45, 2.75) is 32.4 Å². The van der Waals surface area contributed by atoms with Gasteiger partial charge in [0.1, 0.15) is 11.7 Å². The summed E-state index contributed by atoms with van der Waals surface area (Å²) < 4.78 is 0. The quantitative estimate of drug-likeness (QED) is 0.361. The van der Waals surface area contributed by atoms with Crippen molar-refractivity contribution < 1.29 is 15.8 Å². The molecule has 3 amide bonds. The molecule has 0 spiro atoms. The molecule has 8 heteroatoms. The molecule has 1 atom stereocenters. The van der Waals surface area contributed by atoms with Crippen molar-refractivity contribution in [3.8, 4) is 0 Å². The van der Waals surface area contributed by atoms with Crippen molar-refractivity contribution >= 4 is 34.7 Å². The molecule has 2 aromatic heterocycles. The van der Waals surface area contributed by atoms with Crippen LogP contribution in [0.2, 0.25) is 0 Å². The Morgan fingerprint density at radius 3 is 2.54 bits per heavy atom. The lowest BCUT2D eigenvalue weighted by Gasteiger charge is -2.30. The van der Waals surface area contributed by atoms with Gasteiger partial charge < -0.3 is 15.1 Å². The Hall–Kier alpha value is -5.11. The number of allylic oxidation sites excluding steroid dienone is 1. The van der Waals surface area contributed by atoms with E-state index in [1.165, 1.54) is 0 Å². The van der Waals surface area contributed by atoms with Crippen LogP contribution in [0, 0.1) is 0 Å². The van der Waals surface area contributed by atoms with Gasteiger partial charge in [-0.2, -0.15) is 0 Å². The number of fused-ring (bicyclic) bond motifs is 2. The number of amides is 3. The molecule has 0 saturated carbocycles. The van der Waals surface area contributed by atoms with Crippen molar-refractivity contribution in [3.05, 3.63) is 125 Å². The summed E-state index contributed by atoms with van der Waals surface area (Å²) in [6.07, 6.45) is 4.32. The lowest BCUT2D eigenvalue weighted by Crippen LogP contribution is -2.46. The molecule has 4 heterocycles. The van der Waals surface area contributed by atoms with E-state index >= 15 is 0 Å². The van der Waals surface area contributed by atoms with Gasteiger partial charge in [0.25, 0.3) is 11.8 Å². The van der Waals surface area contributed by atoms with Gasteiger partial charge in [-0.15, -0.1) is 0 Å². The summed E-state index contributed by atoms with van der Waals surface area (Å²) in [7, 11) is 0. The number of carbonyl (C=O) groups is 3. The summed E-state index contributed by atoms with van der Waals surface area (Å²) >= 11 is 0. The Labute approximate surface area is 239 Å². The zero-order valence-electron chi connectivity index (χ0n) is 22.7. The zero-order chi connectivity index (χ0) is 28.5. The van der Waals surface area contributed by atoms with Crippen LogP contribution in [-0.2, 0) is 24.2 Å². The number of nitrogens with one attached hydrogen (secondary N) is 1. The number of aromatic nitrogens is 2. The number of anilines is 2. The van der Waals surface area contributed by atoms with Crippen molar-refractivity contribution in [1.82, 2.24) is 14.9 Å². The van der Waals surface area contributed by atoms with Crippen molar-refractivity contribution in [1.29, 1.82) is 0 Å². The Morgan fingerprint density at radius 1 is 0.976 bits per heavy atom. The van der Waals surface area contributed by atoms with E-state index in [2.05, 4.69) is 21.9 Å². The summed E-state index contributed by atoms with van der Waals surface area (Å²) in [5.41, 5.74) is 6.35. The van der Waals surface area contributed by atoms with E-state index in [4.69, 9.17) is 0 Å². The van der Waals surface area contributed by atoms with E-state index in [1.807, 2.05) is 67.6 Å². The smallest absolute Gasteiger partial charge is 0.277 e. The van der Waals surface area contributed by atoms with E-state index in [0.717, 1.165) is 34.4 Å². The first-order chi connectivity index (χ1) is 19.9. The SMILES string of the molecule is C=C(C)c1ccc2c(c1)NC(=O)[C@@H](Cc1ccccn1)N(Cc1ccc(N3CCc4cccnc4C3=O)cc1)C2=O.[HH]. The predicted octanol–water partition coefficient (Wildman–Crippen LogP) is 5.16. The summed E-state index contributed by atoms with van der Waals surface area (Å²) in [6, 6.07) is 21.5. The second kappa shape index (κ2) is 10.8. The Kier molecular flexibility index (Phi) is 6.89. The Morgan fingerprint density at radius 2 is 1.78 bits per heavy atom. The predicted molar refractivity (Wildman–Crippen MR) is 160 cm³/mol. The van der Waals surface area contributed by atoms with Gasteiger partial charge in [0.15, 0.2) is 0 Å². The minimum Gasteiger partial charge on any atom is -0.324 e. The number of benzene rings is 2. The van der Waals surface area contributed by atoms with Crippen LogP contribution in [0.3, 0.4) is 0 Å². The molecule has 0 bridgehead atoms. The van der Waals surface area contributed by atoms with Gasteiger partial charge in [-0.25, -0.2) is 0 Å². The number of carbonyl (C=O) groups excluding carboxylic acids is 3. The number of hydrogen-bond acceptors (Lipinski definition) is 5. The average molecular weight is 546 g/mol. The number of hydrogen-bond donors (Lipinski definition) is 1. The third kappa shape index (κ3) is 5.12. The number of nitrogens with zero attached hydrogens (tertiary/aromatic N) is 4. The van der Waals surface area contributed by atoms with Gasteiger partial charge in [-0.3, -0.25) is 24.4 Å². The fraction of sp³-hybridized carbons (Fsp3) is 0.182. The molecule has 1 N–H and O–H groups in total. The van der Waals surface area contributed by atoms with E-state index in [-0.39, 0.29) is 32.1 Å². The molecule has 4 aromatic rings. The van der Waals surface area contributed by atoms with E-state index in [0.29, 0.717) is 29.2 Å². The minimum absolute atomic E-state index is 0. The number of rotatable bonds is 6. The highest BCUT2D eigenvalue weighted by atomic mass is 16.2. The lowest BCUT2D eigenvalue weighted by molar-refractivity contribution is -0.120. The van der Waals surface area contributed by atoms with Crippen LogP contribution in [0.25, 0.3) is 5.57 Å². The fourth-order valence-corrected chi connectivity index (χ4v) is 5.37. The standard InChI is InChI=1S/C33H29N5O3.H2/c1-21(2)24-10-13-27-28(18-24)36-31(39)29(19-25-7-3-4-15-34-25)38(32(27)40)20-22-8-11-26(12-9-22)37-17-14-23-6-5-16-35-30(23)33(37)41;/h3-13,15-16,18,29H,1,14,17,19-20H2,2H3,(H,36,39);1H/t29-;/m1./s1. The van der Waals surface area contributed by atoms with Gasteiger partial charge in [0.05, 0.1) is 11.3 Å². The molecule has 0 unspecified atom stereocenters. The molecule has 206 valence electrons. The largest absolute Gasteiger partial charge is 0.324 e. The first-order valence-corrected chi connectivity index (χ1v) is 13.6. The topological polar surface area (TPSA) is 95.5 Å².